The van der Waals surface area contributed by atoms with Crippen molar-refractivity contribution in [2.75, 3.05) is 13.3 Å². The van der Waals surface area contributed by atoms with Gasteiger partial charge in [-0.2, -0.15) is 0 Å². The van der Waals surface area contributed by atoms with Gasteiger partial charge in [0.15, 0.2) is 11.5 Å². The SMILES string of the molecule is Cl.NC[C@H](Cc1ccc2c(c1)OCO2)C(=O)O. The first-order valence-corrected chi connectivity index (χ1v) is 5.02. The zero-order valence-electron chi connectivity index (χ0n) is 9.09. The van der Waals surface area contributed by atoms with Crippen molar-refractivity contribution >= 4 is 18.4 Å². The molecule has 0 saturated carbocycles. The molecule has 0 amide bonds. The van der Waals surface area contributed by atoms with Gasteiger partial charge in [0, 0.05) is 6.54 Å². The first-order valence-electron chi connectivity index (χ1n) is 5.02. The quantitative estimate of drug-likeness (QED) is 0.844. The van der Waals surface area contributed by atoms with Crippen LogP contribution in [0.15, 0.2) is 18.2 Å². The Labute approximate surface area is 105 Å². The highest BCUT2D eigenvalue weighted by molar-refractivity contribution is 5.85. The van der Waals surface area contributed by atoms with Crippen LogP contribution in [0, 0.1) is 5.92 Å². The minimum Gasteiger partial charge on any atom is -0.481 e. The van der Waals surface area contributed by atoms with E-state index in [0.29, 0.717) is 17.9 Å². The molecule has 0 aromatic heterocycles. The number of hydrogen-bond acceptors (Lipinski definition) is 4. The summed E-state index contributed by atoms with van der Waals surface area (Å²) in [6.07, 6.45) is 0.405. The predicted octanol–water partition coefficient (Wildman–Crippen LogP) is 1.04. The van der Waals surface area contributed by atoms with Crippen molar-refractivity contribution in [1.29, 1.82) is 0 Å². The molecule has 5 nitrogen and oxygen atoms in total. The fourth-order valence-electron chi connectivity index (χ4n) is 1.62. The lowest BCUT2D eigenvalue weighted by Crippen LogP contribution is -2.25. The molecule has 94 valence electrons. The Bertz CT molecular complexity index is 410. The number of nitrogens with two attached hydrogens (primary N) is 1. The Morgan fingerprint density at radius 2 is 2.12 bits per heavy atom. The maximum Gasteiger partial charge on any atom is 0.308 e. The molecule has 0 aliphatic carbocycles. The van der Waals surface area contributed by atoms with Gasteiger partial charge in [0.2, 0.25) is 6.79 Å². The Balaban J connectivity index is 0.00000144. The third-order valence-corrected chi connectivity index (χ3v) is 2.55. The van der Waals surface area contributed by atoms with Crippen LogP contribution >= 0.6 is 12.4 Å². The highest BCUT2D eigenvalue weighted by Gasteiger charge is 2.18. The largest absolute Gasteiger partial charge is 0.481 e. The Morgan fingerprint density at radius 1 is 1.41 bits per heavy atom. The second-order valence-corrected chi connectivity index (χ2v) is 3.66. The molecular weight excluding hydrogens is 246 g/mol. The second-order valence-electron chi connectivity index (χ2n) is 3.66. The van der Waals surface area contributed by atoms with E-state index in [4.69, 9.17) is 20.3 Å². The minimum atomic E-state index is -0.875. The van der Waals surface area contributed by atoms with Crippen molar-refractivity contribution in [1.82, 2.24) is 0 Å². The topological polar surface area (TPSA) is 81.8 Å². The molecule has 0 spiro atoms. The molecule has 0 radical (unpaired) electrons. The van der Waals surface area contributed by atoms with Crippen molar-refractivity contribution in [2.45, 2.75) is 6.42 Å². The number of hydrogen-bond donors (Lipinski definition) is 2. The first kappa shape index (κ1) is 13.6. The summed E-state index contributed by atoms with van der Waals surface area (Å²) in [6, 6.07) is 5.42. The smallest absolute Gasteiger partial charge is 0.308 e. The maximum atomic E-state index is 10.8. The zero-order valence-corrected chi connectivity index (χ0v) is 9.90. The van der Waals surface area contributed by atoms with Gasteiger partial charge in [-0.1, -0.05) is 6.07 Å². The van der Waals surface area contributed by atoms with E-state index in [2.05, 4.69) is 0 Å². The molecule has 2 rings (SSSR count). The molecule has 0 saturated heterocycles. The van der Waals surface area contributed by atoms with Crippen LogP contribution in [0.4, 0.5) is 0 Å². The Hall–Kier alpha value is -1.46. The summed E-state index contributed by atoms with van der Waals surface area (Å²) >= 11 is 0. The fraction of sp³-hybridized carbons (Fsp3) is 0.364. The third kappa shape index (κ3) is 3.01. The van der Waals surface area contributed by atoms with E-state index in [1.807, 2.05) is 6.07 Å². The lowest BCUT2D eigenvalue weighted by molar-refractivity contribution is -0.141. The van der Waals surface area contributed by atoms with Crippen LogP contribution in [0.25, 0.3) is 0 Å². The summed E-state index contributed by atoms with van der Waals surface area (Å²) in [5, 5.41) is 8.89. The summed E-state index contributed by atoms with van der Waals surface area (Å²) in [6.45, 7) is 0.349. The molecule has 17 heavy (non-hydrogen) atoms. The summed E-state index contributed by atoms with van der Waals surface area (Å²) < 4.78 is 10.4. The van der Waals surface area contributed by atoms with Gasteiger partial charge in [-0.15, -0.1) is 12.4 Å². The third-order valence-electron chi connectivity index (χ3n) is 2.55. The predicted molar refractivity (Wildman–Crippen MR) is 63.7 cm³/mol. The van der Waals surface area contributed by atoms with Gasteiger partial charge >= 0.3 is 5.97 Å². The van der Waals surface area contributed by atoms with Gasteiger partial charge in [-0.05, 0) is 24.1 Å². The number of rotatable bonds is 4. The molecule has 1 aliphatic rings. The highest BCUT2D eigenvalue weighted by Crippen LogP contribution is 2.33. The van der Waals surface area contributed by atoms with E-state index in [-0.39, 0.29) is 25.7 Å². The monoisotopic (exact) mass is 259 g/mol. The van der Waals surface area contributed by atoms with E-state index in [9.17, 15) is 4.79 Å². The molecule has 3 N–H and O–H groups in total. The molecule has 0 fully saturated rings. The van der Waals surface area contributed by atoms with Gasteiger partial charge in [0.1, 0.15) is 0 Å². The van der Waals surface area contributed by atoms with E-state index >= 15 is 0 Å². The van der Waals surface area contributed by atoms with Gasteiger partial charge in [0.05, 0.1) is 5.92 Å². The fourth-order valence-corrected chi connectivity index (χ4v) is 1.62. The molecule has 6 heteroatoms. The average molecular weight is 260 g/mol. The van der Waals surface area contributed by atoms with Gasteiger partial charge in [-0.25, -0.2) is 0 Å². The van der Waals surface area contributed by atoms with Crippen LogP contribution in [-0.2, 0) is 11.2 Å². The summed E-state index contributed by atoms with van der Waals surface area (Å²) in [4.78, 5) is 10.8. The van der Waals surface area contributed by atoms with Gasteiger partial charge in [-0.3, -0.25) is 4.79 Å². The summed E-state index contributed by atoms with van der Waals surface area (Å²) in [7, 11) is 0. The van der Waals surface area contributed by atoms with Crippen LogP contribution in [0.1, 0.15) is 5.56 Å². The van der Waals surface area contributed by atoms with Crippen LogP contribution in [-0.4, -0.2) is 24.4 Å². The van der Waals surface area contributed by atoms with Crippen molar-refractivity contribution in [3.05, 3.63) is 23.8 Å². The number of carbonyl (C=O) groups is 1. The Morgan fingerprint density at radius 3 is 2.76 bits per heavy atom. The zero-order chi connectivity index (χ0) is 11.5. The molecule has 0 unspecified atom stereocenters. The summed E-state index contributed by atoms with van der Waals surface area (Å²) in [5.74, 6) is -0.0671. The lowest BCUT2D eigenvalue weighted by atomic mass is 9.99. The Kier molecular flexibility index (Phi) is 4.60. The van der Waals surface area contributed by atoms with E-state index in [1.54, 1.807) is 12.1 Å². The average Bonchev–Trinajstić information content (AvgIpc) is 2.72. The van der Waals surface area contributed by atoms with E-state index < -0.39 is 11.9 Å². The number of aliphatic carboxylic acids is 1. The first-order chi connectivity index (χ1) is 7.70. The molecular formula is C11H14ClNO4. The molecule has 1 aliphatic heterocycles. The van der Waals surface area contributed by atoms with Crippen molar-refractivity contribution < 1.29 is 19.4 Å². The maximum absolute atomic E-state index is 10.8. The second kappa shape index (κ2) is 5.75. The highest BCUT2D eigenvalue weighted by atomic mass is 35.5. The normalized spacial score (nSPS) is 13.9. The lowest BCUT2D eigenvalue weighted by Gasteiger charge is -2.09. The van der Waals surface area contributed by atoms with Crippen molar-refractivity contribution in [3.8, 4) is 11.5 Å². The van der Waals surface area contributed by atoms with E-state index in [1.165, 1.54) is 0 Å². The number of benzene rings is 1. The number of carboxylic acid groups (broad SMARTS) is 1. The number of carboxylic acids is 1. The molecule has 1 heterocycles. The molecule has 1 aromatic carbocycles. The number of ether oxygens (including phenoxy) is 2. The van der Waals surface area contributed by atoms with Gasteiger partial charge < -0.3 is 20.3 Å². The molecule has 1 aromatic rings. The van der Waals surface area contributed by atoms with Crippen LogP contribution < -0.4 is 15.2 Å². The molecule has 0 bridgehead atoms. The molecule has 1 atom stereocenters. The van der Waals surface area contributed by atoms with Crippen LogP contribution in [0.5, 0.6) is 11.5 Å². The van der Waals surface area contributed by atoms with Crippen molar-refractivity contribution in [3.63, 3.8) is 0 Å². The van der Waals surface area contributed by atoms with Gasteiger partial charge in [0.25, 0.3) is 0 Å². The van der Waals surface area contributed by atoms with Crippen molar-refractivity contribution in [2.24, 2.45) is 11.7 Å². The standard InChI is InChI=1S/C11H13NO4.ClH/c12-5-8(11(13)14)3-7-1-2-9-10(4-7)16-6-15-9;/h1-2,4,8H,3,5-6,12H2,(H,13,14);1H/t8-;/m0./s1. The number of fused-ring (bicyclic) bond motifs is 1. The minimum absolute atomic E-state index is 0. The summed E-state index contributed by atoms with van der Waals surface area (Å²) in [5.41, 5.74) is 6.29. The number of halogens is 1. The van der Waals surface area contributed by atoms with E-state index in [0.717, 1.165) is 5.56 Å². The van der Waals surface area contributed by atoms with Crippen LogP contribution in [0.2, 0.25) is 0 Å². The van der Waals surface area contributed by atoms with Crippen LogP contribution in [0.3, 0.4) is 0 Å².